The molecule has 0 radical (unpaired) electrons. The molecule has 0 spiro atoms. The number of nitrogens with zero attached hydrogens (tertiary/aromatic N) is 7. The molecule has 0 unspecified atom stereocenters. The van der Waals surface area contributed by atoms with Gasteiger partial charge in [-0.05, 0) is 18.2 Å². The SMILES string of the molecule is CN(C)c1cnc(Nc2cccc(N3CCN(CC#N)CC3)c2)cc1N1CCc2nc[nH]c2C1. The Morgan fingerprint density at radius 2 is 1.94 bits per heavy atom. The number of hydrogen-bond donors (Lipinski definition) is 2. The number of aromatic nitrogens is 3. The number of rotatable bonds is 6. The summed E-state index contributed by atoms with van der Waals surface area (Å²) in [4.78, 5) is 21.5. The number of aromatic amines is 1. The number of imidazole rings is 1. The molecule has 2 aromatic heterocycles. The molecule has 2 aliphatic rings. The fraction of sp³-hybridized carbons (Fsp3) is 0.400. The van der Waals surface area contributed by atoms with Crippen molar-refractivity contribution in [3.63, 3.8) is 0 Å². The highest BCUT2D eigenvalue weighted by Crippen LogP contribution is 2.34. The first-order chi connectivity index (χ1) is 16.6. The van der Waals surface area contributed by atoms with E-state index in [2.05, 4.69) is 85.4 Å². The first-order valence-electron chi connectivity index (χ1n) is 11.8. The minimum atomic E-state index is 0.505. The van der Waals surface area contributed by atoms with E-state index in [0.717, 1.165) is 68.6 Å². The third kappa shape index (κ3) is 4.63. The zero-order valence-corrected chi connectivity index (χ0v) is 19.8. The van der Waals surface area contributed by atoms with Crippen LogP contribution in [0.3, 0.4) is 0 Å². The largest absolute Gasteiger partial charge is 0.375 e. The average molecular weight is 458 g/mol. The maximum Gasteiger partial charge on any atom is 0.132 e. The lowest BCUT2D eigenvalue weighted by Gasteiger charge is -2.35. The summed E-state index contributed by atoms with van der Waals surface area (Å²) >= 11 is 0. The third-order valence-corrected chi connectivity index (χ3v) is 6.61. The topological polar surface area (TPSA) is 90.3 Å². The van der Waals surface area contributed by atoms with Gasteiger partial charge in [0.1, 0.15) is 5.82 Å². The lowest BCUT2D eigenvalue weighted by Crippen LogP contribution is -2.46. The van der Waals surface area contributed by atoms with Crippen molar-refractivity contribution in [2.75, 3.05) is 73.4 Å². The number of pyridine rings is 1. The quantitative estimate of drug-likeness (QED) is 0.546. The number of nitrogens with one attached hydrogen (secondary N) is 2. The molecular weight excluding hydrogens is 426 g/mol. The summed E-state index contributed by atoms with van der Waals surface area (Å²) in [6, 6.07) is 12.9. The lowest BCUT2D eigenvalue weighted by atomic mass is 10.1. The minimum absolute atomic E-state index is 0.505. The molecule has 0 atom stereocenters. The number of piperazine rings is 1. The van der Waals surface area contributed by atoms with Gasteiger partial charge in [-0.3, -0.25) is 4.90 Å². The Morgan fingerprint density at radius 3 is 2.74 bits per heavy atom. The number of benzene rings is 1. The van der Waals surface area contributed by atoms with E-state index >= 15 is 0 Å². The van der Waals surface area contributed by atoms with Gasteiger partial charge in [0.2, 0.25) is 0 Å². The van der Waals surface area contributed by atoms with Crippen LogP contribution < -0.4 is 20.0 Å². The summed E-state index contributed by atoms with van der Waals surface area (Å²) in [5.74, 6) is 0.826. The molecule has 5 rings (SSSR count). The van der Waals surface area contributed by atoms with Crippen molar-refractivity contribution in [1.82, 2.24) is 19.9 Å². The Morgan fingerprint density at radius 1 is 1.09 bits per heavy atom. The Balaban J connectivity index is 1.34. The molecule has 1 fully saturated rings. The summed E-state index contributed by atoms with van der Waals surface area (Å²) < 4.78 is 0. The first kappa shape index (κ1) is 22.0. The highest BCUT2D eigenvalue weighted by Gasteiger charge is 2.22. The molecule has 9 heteroatoms. The van der Waals surface area contributed by atoms with Crippen molar-refractivity contribution in [2.45, 2.75) is 13.0 Å². The van der Waals surface area contributed by atoms with Gasteiger partial charge in [0.15, 0.2) is 0 Å². The molecule has 0 amide bonds. The van der Waals surface area contributed by atoms with Crippen LogP contribution in [0, 0.1) is 11.3 Å². The van der Waals surface area contributed by atoms with Gasteiger partial charge in [-0.15, -0.1) is 0 Å². The number of fused-ring (bicyclic) bond motifs is 1. The Hall–Kier alpha value is -3.77. The maximum atomic E-state index is 8.93. The number of nitriles is 1. The van der Waals surface area contributed by atoms with Gasteiger partial charge >= 0.3 is 0 Å². The van der Waals surface area contributed by atoms with Crippen LogP contribution in [0.4, 0.5) is 28.6 Å². The first-order valence-corrected chi connectivity index (χ1v) is 11.8. The van der Waals surface area contributed by atoms with E-state index in [1.807, 2.05) is 6.20 Å². The van der Waals surface area contributed by atoms with Crippen LogP contribution in [-0.2, 0) is 13.0 Å². The standard InChI is InChI=1S/C25H31N9/c1-31(2)24-16-27-25(15-23(24)34-8-6-21-22(17-34)29-18-28-21)30-19-4-3-5-20(14-19)33-12-10-32(9-7-26)11-13-33/h3-5,14-16,18H,6,8-13,17H2,1-2H3,(H,27,30)(H,28,29). The van der Waals surface area contributed by atoms with Crippen molar-refractivity contribution in [3.8, 4) is 6.07 Å². The van der Waals surface area contributed by atoms with Gasteiger partial charge in [-0.25, -0.2) is 9.97 Å². The van der Waals surface area contributed by atoms with Crippen molar-refractivity contribution < 1.29 is 0 Å². The molecule has 176 valence electrons. The monoisotopic (exact) mass is 457 g/mol. The molecule has 2 N–H and O–H groups in total. The predicted octanol–water partition coefficient (Wildman–Crippen LogP) is 2.82. The van der Waals surface area contributed by atoms with Crippen molar-refractivity contribution >= 4 is 28.6 Å². The Labute approximate surface area is 200 Å². The zero-order valence-electron chi connectivity index (χ0n) is 19.8. The van der Waals surface area contributed by atoms with Gasteiger partial charge in [-0.1, -0.05) is 6.07 Å². The van der Waals surface area contributed by atoms with Crippen LogP contribution in [0.5, 0.6) is 0 Å². The molecule has 34 heavy (non-hydrogen) atoms. The molecule has 0 saturated carbocycles. The number of hydrogen-bond acceptors (Lipinski definition) is 8. The fourth-order valence-corrected chi connectivity index (χ4v) is 4.71. The second kappa shape index (κ2) is 9.61. The van der Waals surface area contributed by atoms with Crippen molar-refractivity contribution in [3.05, 3.63) is 54.2 Å². The second-order valence-electron chi connectivity index (χ2n) is 9.05. The normalized spacial score (nSPS) is 16.1. The average Bonchev–Trinajstić information content (AvgIpc) is 3.33. The van der Waals surface area contributed by atoms with Crippen molar-refractivity contribution in [2.24, 2.45) is 0 Å². The lowest BCUT2D eigenvalue weighted by molar-refractivity contribution is 0.287. The molecular formula is C25H31N9. The summed E-state index contributed by atoms with van der Waals surface area (Å²) in [6.07, 6.45) is 4.66. The minimum Gasteiger partial charge on any atom is -0.375 e. The van der Waals surface area contributed by atoms with Crippen LogP contribution in [0.25, 0.3) is 0 Å². The van der Waals surface area contributed by atoms with E-state index in [4.69, 9.17) is 10.2 Å². The van der Waals surface area contributed by atoms with E-state index in [0.29, 0.717) is 6.54 Å². The van der Waals surface area contributed by atoms with Crippen LogP contribution >= 0.6 is 0 Å². The molecule has 3 aromatic rings. The molecule has 2 aliphatic heterocycles. The maximum absolute atomic E-state index is 8.93. The van der Waals surface area contributed by atoms with E-state index in [1.165, 1.54) is 17.1 Å². The van der Waals surface area contributed by atoms with Gasteiger partial charge in [0, 0.05) is 70.7 Å². The molecule has 4 heterocycles. The zero-order chi connectivity index (χ0) is 23.5. The van der Waals surface area contributed by atoms with Gasteiger partial charge in [-0.2, -0.15) is 5.26 Å². The van der Waals surface area contributed by atoms with Crippen LogP contribution in [0.1, 0.15) is 11.4 Å². The Bertz CT molecular complexity index is 1170. The summed E-state index contributed by atoms with van der Waals surface area (Å²) in [5, 5.41) is 12.4. The van der Waals surface area contributed by atoms with Crippen LogP contribution in [0.15, 0.2) is 42.9 Å². The second-order valence-corrected chi connectivity index (χ2v) is 9.05. The molecule has 1 saturated heterocycles. The van der Waals surface area contributed by atoms with E-state index in [1.54, 1.807) is 6.33 Å². The van der Waals surface area contributed by atoms with Gasteiger partial charge in [0.25, 0.3) is 0 Å². The highest BCUT2D eigenvalue weighted by molar-refractivity contribution is 5.75. The van der Waals surface area contributed by atoms with Crippen LogP contribution in [0.2, 0.25) is 0 Å². The molecule has 0 bridgehead atoms. The molecule has 9 nitrogen and oxygen atoms in total. The molecule has 1 aromatic carbocycles. The summed E-state index contributed by atoms with van der Waals surface area (Å²) in [6.45, 7) is 5.92. The smallest absolute Gasteiger partial charge is 0.132 e. The van der Waals surface area contributed by atoms with E-state index in [-0.39, 0.29) is 0 Å². The van der Waals surface area contributed by atoms with E-state index < -0.39 is 0 Å². The number of H-pyrrole nitrogens is 1. The van der Waals surface area contributed by atoms with Gasteiger partial charge < -0.3 is 25.0 Å². The fourth-order valence-electron chi connectivity index (χ4n) is 4.71. The Kier molecular flexibility index (Phi) is 6.23. The van der Waals surface area contributed by atoms with E-state index in [9.17, 15) is 0 Å². The number of anilines is 5. The summed E-state index contributed by atoms with van der Waals surface area (Å²) in [5.41, 5.74) is 6.81. The van der Waals surface area contributed by atoms with Crippen LogP contribution in [-0.4, -0.2) is 73.2 Å². The third-order valence-electron chi connectivity index (χ3n) is 6.61. The highest BCUT2D eigenvalue weighted by atomic mass is 15.3. The summed E-state index contributed by atoms with van der Waals surface area (Å²) in [7, 11) is 4.11. The van der Waals surface area contributed by atoms with Crippen molar-refractivity contribution in [1.29, 1.82) is 5.26 Å². The van der Waals surface area contributed by atoms with Gasteiger partial charge in [0.05, 0.1) is 54.4 Å². The predicted molar refractivity (Wildman–Crippen MR) is 136 cm³/mol. The molecule has 0 aliphatic carbocycles.